The van der Waals surface area contributed by atoms with Crippen LogP contribution in [0.2, 0.25) is 5.02 Å². The van der Waals surface area contributed by atoms with E-state index in [1.54, 1.807) is 55.5 Å². The van der Waals surface area contributed by atoms with E-state index in [-0.39, 0.29) is 18.9 Å². The molecule has 1 N–H and O–H groups in total. The van der Waals surface area contributed by atoms with E-state index in [0.29, 0.717) is 16.3 Å². The van der Waals surface area contributed by atoms with E-state index in [4.69, 9.17) is 11.6 Å². The van der Waals surface area contributed by atoms with Gasteiger partial charge in [-0.2, -0.15) is 0 Å². The summed E-state index contributed by atoms with van der Waals surface area (Å²) in [4.78, 5) is 29.2. The van der Waals surface area contributed by atoms with Gasteiger partial charge >= 0.3 is 0 Å². The molecule has 3 aromatic rings. The zero-order valence-electron chi connectivity index (χ0n) is 23.0. The first-order chi connectivity index (χ1) is 18.2. The molecule has 0 bridgehead atoms. The van der Waals surface area contributed by atoms with Crippen molar-refractivity contribution in [3.05, 3.63) is 101 Å². The molecular formula is C30H36ClN3O4S. The first-order valence-corrected chi connectivity index (χ1v) is 14.9. The Balaban J connectivity index is 2.08. The minimum atomic E-state index is -3.81. The second kappa shape index (κ2) is 12.7. The number of anilines is 1. The third-order valence-electron chi connectivity index (χ3n) is 6.10. The highest BCUT2D eigenvalue weighted by Gasteiger charge is 2.34. The van der Waals surface area contributed by atoms with Crippen molar-refractivity contribution in [2.24, 2.45) is 0 Å². The molecule has 0 aliphatic carbocycles. The Labute approximate surface area is 236 Å². The van der Waals surface area contributed by atoms with Gasteiger partial charge in [-0.3, -0.25) is 13.9 Å². The molecule has 1 atom stereocenters. The van der Waals surface area contributed by atoms with Crippen LogP contribution in [-0.4, -0.2) is 49.5 Å². The number of nitrogens with one attached hydrogen (secondary N) is 1. The zero-order valence-corrected chi connectivity index (χ0v) is 24.6. The Bertz CT molecular complexity index is 1390. The number of sulfonamides is 1. The summed E-state index contributed by atoms with van der Waals surface area (Å²) in [6, 6.07) is 22.6. The normalized spacial score (nSPS) is 12.5. The number of amides is 2. The van der Waals surface area contributed by atoms with E-state index in [0.717, 1.165) is 21.7 Å². The topological polar surface area (TPSA) is 86.8 Å². The molecule has 9 heteroatoms. The van der Waals surface area contributed by atoms with Crippen molar-refractivity contribution in [3.8, 4) is 0 Å². The first kappa shape index (κ1) is 30.2. The van der Waals surface area contributed by atoms with Gasteiger partial charge in [-0.05, 0) is 62.6 Å². The maximum atomic E-state index is 14.1. The molecular weight excluding hydrogens is 534 g/mol. The summed E-state index contributed by atoms with van der Waals surface area (Å²) in [5.41, 5.74) is 2.22. The SMILES string of the molecule is Cc1ccccc1N(CC(=O)N(Cc1ccc(Cl)cc1)[C@H](Cc1ccccc1)C(=O)NC(C)(C)C)S(C)(=O)=O. The molecule has 7 nitrogen and oxygen atoms in total. The monoisotopic (exact) mass is 569 g/mol. The summed E-state index contributed by atoms with van der Waals surface area (Å²) in [5.74, 6) is -0.820. The van der Waals surface area contributed by atoms with Gasteiger partial charge in [0, 0.05) is 23.5 Å². The Kier molecular flexibility index (Phi) is 9.80. The Morgan fingerprint density at radius 1 is 0.897 bits per heavy atom. The highest BCUT2D eigenvalue weighted by atomic mass is 35.5. The van der Waals surface area contributed by atoms with E-state index in [1.165, 1.54) is 4.90 Å². The molecule has 0 unspecified atom stereocenters. The number of aryl methyl sites for hydroxylation is 1. The smallest absolute Gasteiger partial charge is 0.244 e. The third-order valence-corrected chi connectivity index (χ3v) is 7.48. The molecule has 0 aliphatic rings. The van der Waals surface area contributed by atoms with Crippen molar-refractivity contribution in [1.82, 2.24) is 10.2 Å². The van der Waals surface area contributed by atoms with Crippen LogP contribution in [0.5, 0.6) is 0 Å². The van der Waals surface area contributed by atoms with Gasteiger partial charge < -0.3 is 10.2 Å². The Morgan fingerprint density at radius 2 is 1.49 bits per heavy atom. The van der Waals surface area contributed by atoms with Crippen molar-refractivity contribution >= 4 is 39.1 Å². The fourth-order valence-electron chi connectivity index (χ4n) is 4.23. The summed E-state index contributed by atoms with van der Waals surface area (Å²) in [6.45, 7) is 7.05. The van der Waals surface area contributed by atoms with Crippen molar-refractivity contribution < 1.29 is 18.0 Å². The summed E-state index contributed by atoms with van der Waals surface area (Å²) in [6.07, 6.45) is 1.33. The molecule has 2 amide bonds. The number of nitrogens with zero attached hydrogens (tertiary/aromatic N) is 2. The van der Waals surface area contributed by atoms with Crippen molar-refractivity contribution in [2.75, 3.05) is 17.1 Å². The van der Waals surface area contributed by atoms with Crippen molar-refractivity contribution in [1.29, 1.82) is 0 Å². The Hall–Kier alpha value is -3.36. The summed E-state index contributed by atoms with van der Waals surface area (Å²) >= 11 is 6.09. The molecule has 0 aliphatic heterocycles. The molecule has 3 aromatic carbocycles. The van der Waals surface area contributed by atoms with Gasteiger partial charge in [-0.15, -0.1) is 0 Å². The summed E-state index contributed by atoms with van der Waals surface area (Å²) in [7, 11) is -3.81. The van der Waals surface area contributed by atoms with E-state index >= 15 is 0 Å². The largest absolute Gasteiger partial charge is 0.350 e. The molecule has 3 rings (SSSR count). The molecule has 0 aromatic heterocycles. The molecule has 208 valence electrons. The van der Waals surface area contributed by atoms with Crippen molar-refractivity contribution in [2.45, 2.75) is 52.2 Å². The lowest BCUT2D eigenvalue weighted by Crippen LogP contribution is -2.56. The predicted octanol–water partition coefficient (Wildman–Crippen LogP) is 4.97. The number of carbonyl (C=O) groups excluding carboxylic acids is 2. The van der Waals surface area contributed by atoms with Gasteiger partial charge in [0.1, 0.15) is 12.6 Å². The van der Waals surface area contributed by atoms with Crippen LogP contribution in [0.25, 0.3) is 0 Å². The number of halogens is 1. The second-order valence-corrected chi connectivity index (χ2v) is 13.0. The summed E-state index contributed by atoms with van der Waals surface area (Å²) < 4.78 is 26.9. The van der Waals surface area contributed by atoms with Crippen LogP contribution in [0.15, 0.2) is 78.9 Å². The fourth-order valence-corrected chi connectivity index (χ4v) is 5.26. The Morgan fingerprint density at radius 3 is 2.05 bits per heavy atom. The molecule has 0 saturated heterocycles. The average Bonchev–Trinajstić information content (AvgIpc) is 2.85. The molecule has 0 heterocycles. The fraction of sp³-hybridized carbons (Fsp3) is 0.333. The first-order valence-electron chi connectivity index (χ1n) is 12.7. The minimum Gasteiger partial charge on any atom is -0.350 e. The van der Waals surface area contributed by atoms with Crippen LogP contribution < -0.4 is 9.62 Å². The van der Waals surface area contributed by atoms with Crippen LogP contribution >= 0.6 is 11.6 Å². The lowest BCUT2D eigenvalue weighted by molar-refractivity contribution is -0.140. The number of hydrogen-bond acceptors (Lipinski definition) is 4. The number of carbonyl (C=O) groups is 2. The van der Waals surface area contributed by atoms with Crippen molar-refractivity contribution in [3.63, 3.8) is 0 Å². The number of benzene rings is 3. The van der Waals surface area contributed by atoms with E-state index in [1.807, 2.05) is 51.1 Å². The highest BCUT2D eigenvalue weighted by Crippen LogP contribution is 2.24. The van der Waals surface area contributed by atoms with Crippen LogP contribution in [0.1, 0.15) is 37.5 Å². The molecule has 0 spiro atoms. The van der Waals surface area contributed by atoms with E-state index in [2.05, 4.69) is 5.32 Å². The lowest BCUT2D eigenvalue weighted by Gasteiger charge is -2.35. The lowest BCUT2D eigenvalue weighted by atomic mass is 10.0. The summed E-state index contributed by atoms with van der Waals surface area (Å²) in [5, 5.41) is 3.56. The average molecular weight is 570 g/mol. The van der Waals surface area contributed by atoms with Crippen LogP contribution in [0.4, 0.5) is 5.69 Å². The van der Waals surface area contributed by atoms with Gasteiger partial charge in [-0.25, -0.2) is 8.42 Å². The highest BCUT2D eigenvalue weighted by molar-refractivity contribution is 7.92. The quantitative estimate of drug-likeness (QED) is 0.373. The van der Waals surface area contributed by atoms with Gasteiger partial charge in [0.2, 0.25) is 21.8 Å². The van der Waals surface area contributed by atoms with Crippen LogP contribution in [0.3, 0.4) is 0 Å². The minimum absolute atomic E-state index is 0.0937. The van der Waals surface area contributed by atoms with Gasteiger partial charge in [0.05, 0.1) is 11.9 Å². The third kappa shape index (κ3) is 8.83. The maximum Gasteiger partial charge on any atom is 0.244 e. The molecule has 0 radical (unpaired) electrons. The number of hydrogen-bond donors (Lipinski definition) is 1. The second-order valence-electron chi connectivity index (χ2n) is 10.6. The number of para-hydroxylation sites is 1. The molecule has 0 fully saturated rings. The zero-order chi connectivity index (χ0) is 28.8. The standard InChI is InChI=1S/C30H36ClN3O4S/c1-22-11-9-10-14-26(22)34(39(5,37)38)21-28(35)33(20-24-15-17-25(31)18-16-24)27(29(36)32-30(2,3)4)19-23-12-7-6-8-13-23/h6-18,27H,19-21H2,1-5H3,(H,32,36)/t27-/m1/s1. The maximum absolute atomic E-state index is 14.1. The van der Waals surface area contributed by atoms with Gasteiger partial charge in [-0.1, -0.05) is 72.3 Å². The van der Waals surface area contributed by atoms with E-state index < -0.39 is 34.1 Å². The number of rotatable bonds is 10. The molecule has 39 heavy (non-hydrogen) atoms. The van der Waals surface area contributed by atoms with Gasteiger partial charge in [0.15, 0.2) is 0 Å². The van der Waals surface area contributed by atoms with Crippen LogP contribution in [0, 0.1) is 6.92 Å². The van der Waals surface area contributed by atoms with Crippen LogP contribution in [-0.2, 0) is 32.6 Å². The van der Waals surface area contributed by atoms with Gasteiger partial charge in [0.25, 0.3) is 0 Å². The predicted molar refractivity (Wildman–Crippen MR) is 157 cm³/mol. The van der Waals surface area contributed by atoms with E-state index in [9.17, 15) is 18.0 Å². The molecule has 0 saturated carbocycles.